The molecule has 1 atom stereocenters. The molecule has 0 fully saturated rings. The first-order valence-corrected chi connectivity index (χ1v) is 6.16. The first-order chi connectivity index (χ1) is 10.1. The van der Waals surface area contributed by atoms with Crippen LogP contribution >= 0.6 is 0 Å². The topological polar surface area (TPSA) is 46.5 Å². The van der Waals surface area contributed by atoms with Crippen molar-refractivity contribution in [2.75, 3.05) is 13.3 Å². The van der Waals surface area contributed by atoms with Crippen LogP contribution in [0.1, 0.15) is 34.0 Å². The number of benzene rings is 1. The van der Waals surface area contributed by atoms with Gasteiger partial charge in [-0.25, -0.2) is 0 Å². The third kappa shape index (κ3) is 2.53. The van der Waals surface area contributed by atoms with E-state index in [9.17, 15) is 36.2 Å². The minimum atomic E-state index is -5.04. The lowest BCUT2D eigenvalue weighted by Gasteiger charge is -2.16. The summed E-state index contributed by atoms with van der Waals surface area (Å²) in [6.45, 7) is -1.07. The Bertz CT molecular complexity index is 596. The molecule has 1 aliphatic carbocycles. The number of alkyl halides is 6. The third-order valence-corrected chi connectivity index (χ3v) is 3.19. The van der Waals surface area contributed by atoms with Crippen molar-refractivity contribution in [2.24, 2.45) is 0 Å². The number of ketones is 1. The van der Waals surface area contributed by atoms with Crippen molar-refractivity contribution >= 4 is 5.78 Å². The van der Waals surface area contributed by atoms with Crippen LogP contribution in [0.25, 0.3) is 0 Å². The first-order valence-electron chi connectivity index (χ1n) is 6.16. The highest BCUT2D eigenvalue weighted by molar-refractivity contribution is 6.08. The van der Waals surface area contributed by atoms with E-state index in [1.54, 1.807) is 0 Å². The average Bonchev–Trinajstić information content (AvgIpc) is 2.60. The van der Waals surface area contributed by atoms with Gasteiger partial charge < -0.3 is 9.84 Å². The van der Waals surface area contributed by atoms with Gasteiger partial charge in [-0.1, -0.05) is 0 Å². The van der Waals surface area contributed by atoms with Crippen LogP contribution in [0.2, 0.25) is 0 Å². The molecular weight excluding hydrogens is 318 g/mol. The van der Waals surface area contributed by atoms with E-state index in [2.05, 4.69) is 0 Å². The number of rotatable bonds is 4. The lowest BCUT2D eigenvalue weighted by molar-refractivity contribution is -0.138. The number of aliphatic hydroxyl groups is 1. The number of hydrogen-bond donors (Lipinski definition) is 1. The molecule has 9 heteroatoms. The molecule has 1 unspecified atom stereocenters. The molecule has 1 aliphatic rings. The van der Waals surface area contributed by atoms with Crippen LogP contribution in [0.3, 0.4) is 0 Å². The quantitative estimate of drug-likeness (QED) is 0.681. The highest BCUT2D eigenvalue weighted by Gasteiger charge is 2.59. The Hall–Kier alpha value is -1.77. The predicted molar refractivity (Wildman–Crippen MR) is 61.8 cm³/mol. The molecule has 0 bridgehead atoms. The zero-order chi connectivity index (χ0) is 16.7. The van der Waals surface area contributed by atoms with Crippen LogP contribution in [0.4, 0.5) is 26.3 Å². The van der Waals surface area contributed by atoms with Gasteiger partial charge in [0.1, 0.15) is 5.75 Å². The van der Waals surface area contributed by atoms with E-state index in [-0.39, 0.29) is 13.0 Å². The maximum Gasteiger partial charge on any atom is 0.417 e. The fourth-order valence-corrected chi connectivity index (χ4v) is 2.19. The van der Waals surface area contributed by atoms with E-state index in [1.807, 2.05) is 0 Å². The monoisotopic (exact) mass is 328 g/mol. The van der Waals surface area contributed by atoms with E-state index < -0.39 is 53.1 Å². The van der Waals surface area contributed by atoms with Gasteiger partial charge in [-0.3, -0.25) is 9.18 Å². The van der Waals surface area contributed by atoms with Gasteiger partial charge in [0.25, 0.3) is 0 Å². The van der Waals surface area contributed by atoms with E-state index in [0.29, 0.717) is 6.07 Å². The fourth-order valence-electron chi connectivity index (χ4n) is 2.19. The van der Waals surface area contributed by atoms with E-state index in [1.165, 1.54) is 0 Å². The van der Waals surface area contributed by atoms with Crippen LogP contribution in [0.15, 0.2) is 12.1 Å². The number of aliphatic hydroxyl groups excluding tert-OH is 1. The summed E-state index contributed by atoms with van der Waals surface area (Å²) in [5, 5.41) is 9.51. The molecule has 0 aromatic heterocycles. The zero-order valence-electron chi connectivity index (χ0n) is 10.9. The van der Waals surface area contributed by atoms with E-state index in [0.717, 1.165) is 6.07 Å². The van der Waals surface area contributed by atoms with Gasteiger partial charge in [0.05, 0.1) is 18.8 Å². The maximum atomic E-state index is 13.6. The smallest absolute Gasteiger partial charge is 0.417 e. The summed E-state index contributed by atoms with van der Waals surface area (Å²) in [4.78, 5) is 11.6. The standard InChI is InChI=1S/C13H10F6O3/c14-4-1-5-22-7-3-2-6(13(17,18)19)8-9(7)11(21)12(15,16)10(8)20/h2-3,11,21H,1,4-5H2. The minimum Gasteiger partial charge on any atom is -0.493 e. The lowest BCUT2D eigenvalue weighted by Crippen LogP contribution is -2.29. The molecule has 122 valence electrons. The molecule has 1 aromatic carbocycles. The van der Waals surface area contributed by atoms with Crippen molar-refractivity contribution in [1.82, 2.24) is 0 Å². The van der Waals surface area contributed by atoms with Crippen molar-refractivity contribution in [3.63, 3.8) is 0 Å². The van der Waals surface area contributed by atoms with Gasteiger partial charge in [-0.05, 0) is 12.1 Å². The number of Topliss-reactive ketones (excluding diaryl/α,β-unsaturated/α-hetero) is 1. The largest absolute Gasteiger partial charge is 0.493 e. The van der Waals surface area contributed by atoms with Crippen molar-refractivity contribution < 1.29 is 41.0 Å². The molecule has 22 heavy (non-hydrogen) atoms. The van der Waals surface area contributed by atoms with E-state index in [4.69, 9.17) is 4.74 Å². The van der Waals surface area contributed by atoms with Crippen LogP contribution < -0.4 is 4.74 Å². The Morgan fingerprint density at radius 1 is 1.27 bits per heavy atom. The normalized spacial score (nSPS) is 20.1. The second-order valence-corrected chi connectivity index (χ2v) is 4.64. The minimum absolute atomic E-state index is 0.115. The summed E-state index contributed by atoms with van der Waals surface area (Å²) >= 11 is 0. The molecule has 0 saturated heterocycles. The van der Waals surface area contributed by atoms with Gasteiger partial charge in [-0.15, -0.1) is 0 Å². The molecule has 2 rings (SSSR count). The maximum absolute atomic E-state index is 13.6. The van der Waals surface area contributed by atoms with Crippen molar-refractivity contribution in [3.05, 3.63) is 28.8 Å². The summed E-state index contributed by atoms with van der Waals surface area (Å²) in [5.41, 5.74) is -3.78. The van der Waals surface area contributed by atoms with Crippen molar-refractivity contribution in [3.8, 4) is 5.75 Å². The summed E-state index contributed by atoms with van der Waals surface area (Å²) in [5.74, 6) is -6.98. The molecule has 1 aromatic rings. The Balaban J connectivity index is 2.59. The van der Waals surface area contributed by atoms with Crippen molar-refractivity contribution in [2.45, 2.75) is 24.6 Å². The zero-order valence-corrected chi connectivity index (χ0v) is 10.9. The average molecular weight is 328 g/mol. The van der Waals surface area contributed by atoms with Gasteiger partial charge in [-0.2, -0.15) is 22.0 Å². The van der Waals surface area contributed by atoms with Gasteiger partial charge in [0.2, 0.25) is 5.78 Å². The molecule has 0 spiro atoms. The highest BCUT2D eigenvalue weighted by atomic mass is 19.4. The Kier molecular flexibility index (Phi) is 4.12. The molecule has 3 nitrogen and oxygen atoms in total. The fraction of sp³-hybridized carbons (Fsp3) is 0.462. The number of carbonyl (C=O) groups excluding carboxylic acids is 1. The van der Waals surface area contributed by atoms with Gasteiger partial charge in [0, 0.05) is 17.5 Å². The number of halogens is 6. The summed E-state index contributed by atoms with van der Waals surface area (Å²) in [6.07, 6.45) is -7.90. The molecule has 1 N–H and O–H groups in total. The summed E-state index contributed by atoms with van der Waals surface area (Å²) in [6, 6.07) is 1.16. The lowest BCUT2D eigenvalue weighted by atomic mass is 10.0. The second-order valence-electron chi connectivity index (χ2n) is 4.64. The number of carbonyl (C=O) groups is 1. The number of fused-ring (bicyclic) bond motifs is 1. The molecule has 0 saturated carbocycles. The van der Waals surface area contributed by atoms with Crippen molar-refractivity contribution in [1.29, 1.82) is 0 Å². The summed E-state index contributed by atoms with van der Waals surface area (Å²) in [7, 11) is 0. The van der Waals surface area contributed by atoms with Crippen LogP contribution in [0.5, 0.6) is 5.75 Å². The van der Waals surface area contributed by atoms with Crippen LogP contribution in [-0.4, -0.2) is 30.1 Å². The second kappa shape index (κ2) is 5.45. The number of ether oxygens (including phenoxy) is 1. The molecule has 0 aliphatic heterocycles. The molecule has 0 radical (unpaired) electrons. The van der Waals surface area contributed by atoms with Crippen LogP contribution in [-0.2, 0) is 6.18 Å². The van der Waals surface area contributed by atoms with Crippen LogP contribution in [0, 0.1) is 0 Å². The Morgan fingerprint density at radius 3 is 2.45 bits per heavy atom. The molecule has 0 amide bonds. The van der Waals surface area contributed by atoms with Gasteiger partial charge >= 0.3 is 12.1 Å². The molecular formula is C13H10F6O3. The third-order valence-electron chi connectivity index (χ3n) is 3.19. The highest BCUT2D eigenvalue weighted by Crippen LogP contribution is 2.50. The summed E-state index contributed by atoms with van der Waals surface area (Å²) < 4.78 is 82.7. The number of hydrogen-bond acceptors (Lipinski definition) is 3. The van der Waals surface area contributed by atoms with Gasteiger partial charge in [0.15, 0.2) is 6.10 Å². The Labute approximate surface area is 120 Å². The van der Waals surface area contributed by atoms with E-state index >= 15 is 0 Å². The predicted octanol–water partition coefficient (Wildman–Crippen LogP) is 3.31. The SMILES string of the molecule is O=C1c2c(C(F)(F)F)ccc(OCCCF)c2C(O)C1(F)F. The first kappa shape index (κ1) is 16.6. The molecule has 0 heterocycles. The Morgan fingerprint density at radius 2 is 1.91 bits per heavy atom.